The smallest absolute Gasteiger partial charge is 0.147 e. The predicted molar refractivity (Wildman–Crippen MR) is 68.9 cm³/mol. The normalized spacial score (nSPS) is 43.1. The summed E-state index contributed by atoms with van der Waals surface area (Å²) in [5.74, 6) is 0.327. The molecule has 1 unspecified atom stereocenters. The molecule has 0 aromatic carbocycles. The third kappa shape index (κ3) is 1.78. The fraction of sp³-hybridized carbons (Fsp3) is 0.600. The first-order valence-corrected chi connectivity index (χ1v) is 6.61. The summed E-state index contributed by atoms with van der Waals surface area (Å²) in [6.07, 6.45) is 6.22. The lowest BCUT2D eigenvalue weighted by molar-refractivity contribution is -0.0372. The van der Waals surface area contributed by atoms with Gasteiger partial charge in [-0.2, -0.15) is 0 Å². The molecule has 0 aromatic rings. The molecular weight excluding hydrogens is 228 g/mol. The molecule has 98 valence electrons. The number of aliphatic hydroxyl groups excluding tert-OH is 1. The first-order chi connectivity index (χ1) is 8.72. The molecule has 3 rings (SSSR count). The molecule has 1 saturated carbocycles. The van der Waals surface area contributed by atoms with Crippen molar-refractivity contribution in [2.24, 2.45) is 11.8 Å². The van der Waals surface area contributed by atoms with Gasteiger partial charge in [-0.05, 0) is 12.8 Å². The second-order valence-corrected chi connectivity index (χ2v) is 5.44. The Hall–Kier alpha value is -0.900. The van der Waals surface area contributed by atoms with E-state index in [1.807, 2.05) is 6.08 Å². The number of fused-ring (bicyclic) bond motifs is 3. The molecular formula is C15H20O3. The van der Waals surface area contributed by atoms with E-state index in [1.54, 1.807) is 0 Å². The van der Waals surface area contributed by atoms with Gasteiger partial charge in [-0.25, -0.2) is 0 Å². The molecule has 0 radical (unpaired) electrons. The number of aliphatic hydroxyl groups is 1. The van der Waals surface area contributed by atoms with E-state index in [1.165, 1.54) is 5.57 Å². The lowest BCUT2D eigenvalue weighted by Gasteiger charge is -2.45. The predicted octanol–water partition coefficient (Wildman–Crippen LogP) is 2.19. The van der Waals surface area contributed by atoms with Crippen molar-refractivity contribution in [3.8, 4) is 0 Å². The second kappa shape index (κ2) is 4.65. The van der Waals surface area contributed by atoms with Gasteiger partial charge in [0.05, 0.1) is 18.3 Å². The van der Waals surface area contributed by atoms with Crippen molar-refractivity contribution < 1.29 is 14.6 Å². The Balaban J connectivity index is 1.94. The van der Waals surface area contributed by atoms with Crippen LogP contribution in [0.1, 0.15) is 19.3 Å². The Morgan fingerprint density at radius 1 is 1.39 bits per heavy atom. The maximum absolute atomic E-state index is 10.4. The van der Waals surface area contributed by atoms with Crippen LogP contribution in [0.2, 0.25) is 0 Å². The highest BCUT2D eigenvalue weighted by molar-refractivity contribution is 5.29. The van der Waals surface area contributed by atoms with Gasteiger partial charge in [0.15, 0.2) is 0 Å². The van der Waals surface area contributed by atoms with E-state index in [0.29, 0.717) is 13.2 Å². The first-order valence-electron chi connectivity index (χ1n) is 6.61. The van der Waals surface area contributed by atoms with Crippen molar-refractivity contribution in [2.75, 3.05) is 6.79 Å². The lowest BCUT2D eigenvalue weighted by Crippen LogP contribution is -2.50. The summed E-state index contributed by atoms with van der Waals surface area (Å²) in [6.45, 7) is 8.32. The van der Waals surface area contributed by atoms with Crippen LogP contribution in [0.25, 0.3) is 0 Å². The van der Waals surface area contributed by atoms with Crippen molar-refractivity contribution in [3.63, 3.8) is 0 Å². The number of ether oxygens (including phenoxy) is 2. The number of hydrogen-bond donors (Lipinski definition) is 1. The molecule has 0 spiro atoms. The van der Waals surface area contributed by atoms with Gasteiger partial charge >= 0.3 is 0 Å². The summed E-state index contributed by atoms with van der Waals surface area (Å²) in [5.41, 5.74) is 2.44. The maximum Gasteiger partial charge on any atom is 0.147 e. The van der Waals surface area contributed by atoms with Crippen LogP contribution in [0.4, 0.5) is 0 Å². The summed E-state index contributed by atoms with van der Waals surface area (Å²) in [7, 11) is 0. The molecule has 0 bridgehead atoms. The van der Waals surface area contributed by atoms with E-state index in [9.17, 15) is 5.11 Å². The second-order valence-electron chi connectivity index (χ2n) is 5.44. The zero-order valence-electron chi connectivity index (χ0n) is 10.5. The van der Waals surface area contributed by atoms with Crippen LogP contribution < -0.4 is 0 Å². The van der Waals surface area contributed by atoms with Gasteiger partial charge in [0.2, 0.25) is 0 Å². The average Bonchev–Trinajstić information content (AvgIpc) is 2.80. The zero-order chi connectivity index (χ0) is 12.7. The van der Waals surface area contributed by atoms with E-state index < -0.39 is 0 Å². The number of rotatable bonds is 2. The Bertz CT molecular complexity index is 399. The first kappa shape index (κ1) is 12.2. The zero-order valence-corrected chi connectivity index (χ0v) is 10.5. The minimum absolute atomic E-state index is 0.0288. The van der Waals surface area contributed by atoms with Crippen molar-refractivity contribution in [3.05, 3.63) is 36.5 Å². The Morgan fingerprint density at radius 2 is 2.22 bits per heavy atom. The van der Waals surface area contributed by atoms with Gasteiger partial charge in [-0.1, -0.05) is 29.9 Å². The quantitative estimate of drug-likeness (QED) is 0.761. The SMILES string of the molecule is C=CCC1=CCC(=C)[C@H]2C1[C@@H](O)C[C@H]1OCO[C@H]12. The van der Waals surface area contributed by atoms with Crippen LogP contribution >= 0.6 is 0 Å². The van der Waals surface area contributed by atoms with E-state index in [4.69, 9.17) is 9.47 Å². The molecule has 3 aliphatic rings. The van der Waals surface area contributed by atoms with E-state index >= 15 is 0 Å². The van der Waals surface area contributed by atoms with E-state index in [0.717, 1.165) is 18.4 Å². The lowest BCUT2D eigenvalue weighted by atomic mass is 9.64. The molecule has 3 heteroatoms. The molecule has 1 saturated heterocycles. The standard InChI is InChI=1S/C15H20O3/c1-3-4-10-6-5-9(2)13-14(10)11(16)7-12-15(13)18-8-17-12/h3,6,11-16H,1-2,4-5,7-8H2/t11-,12+,13-,14?,15+/m0/s1. The van der Waals surface area contributed by atoms with Crippen LogP contribution in [0.15, 0.2) is 36.5 Å². The van der Waals surface area contributed by atoms with Gasteiger partial charge < -0.3 is 14.6 Å². The Kier molecular flexibility index (Phi) is 3.14. The van der Waals surface area contributed by atoms with Crippen molar-refractivity contribution >= 4 is 0 Å². The summed E-state index contributed by atoms with van der Waals surface area (Å²) in [5, 5.41) is 10.4. The largest absolute Gasteiger partial charge is 0.392 e. The van der Waals surface area contributed by atoms with E-state index in [2.05, 4.69) is 19.2 Å². The Morgan fingerprint density at radius 3 is 3.00 bits per heavy atom. The van der Waals surface area contributed by atoms with Crippen molar-refractivity contribution in [1.29, 1.82) is 0 Å². The topological polar surface area (TPSA) is 38.7 Å². The molecule has 3 nitrogen and oxygen atoms in total. The molecule has 0 aromatic heterocycles. The molecule has 2 aliphatic carbocycles. The summed E-state index contributed by atoms with van der Waals surface area (Å²) < 4.78 is 11.3. The maximum atomic E-state index is 10.4. The highest BCUT2D eigenvalue weighted by Crippen LogP contribution is 2.47. The molecule has 0 amide bonds. The molecule has 18 heavy (non-hydrogen) atoms. The Labute approximate surface area is 108 Å². The molecule has 1 aliphatic heterocycles. The minimum Gasteiger partial charge on any atom is -0.392 e. The molecule has 5 atom stereocenters. The summed E-state index contributed by atoms with van der Waals surface area (Å²) >= 11 is 0. The van der Waals surface area contributed by atoms with Gasteiger partial charge in [0.1, 0.15) is 6.79 Å². The van der Waals surface area contributed by atoms with Crippen LogP contribution in [0.3, 0.4) is 0 Å². The summed E-state index contributed by atoms with van der Waals surface area (Å²) in [6, 6.07) is 0. The van der Waals surface area contributed by atoms with Crippen LogP contribution in [0, 0.1) is 11.8 Å². The average molecular weight is 248 g/mol. The molecule has 1 heterocycles. The fourth-order valence-corrected chi connectivity index (χ4v) is 3.66. The molecule has 1 N–H and O–H groups in total. The molecule has 2 fully saturated rings. The van der Waals surface area contributed by atoms with Gasteiger partial charge in [0.25, 0.3) is 0 Å². The van der Waals surface area contributed by atoms with Gasteiger partial charge in [-0.3, -0.25) is 0 Å². The van der Waals surface area contributed by atoms with Gasteiger partial charge in [0, 0.05) is 18.3 Å². The highest BCUT2D eigenvalue weighted by Gasteiger charge is 2.50. The van der Waals surface area contributed by atoms with Crippen molar-refractivity contribution in [2.45, 2.75) is 37.6 Å². The third-order valence-corrected chi connectivity index (χ3v) is 4.44. The van der Waals surface area contributed by atoms with Gasteiger partial charge in [-0.15, -0.1) is 6.58 Å². The fourth-order valence-electron chi connectivity index (χ4n) is 3.66. The van der Waals surface area contributed by atoms with Crippen LogP contribution in [-0.2, 0) is 9.47 Å². The number of hydrogen-bond acceptors (Lipinski definition) is 3. The van der Waals surface area contributed by atoms with Crippen LogP contribution in [0.5, 0.6) is 0 Å². The number of allylic oxidation sites excluding steroid dienone is 2. The van der Waals surface area contributed by atoms with Crippen molar-refractivity contribution in [1.82, 2.24) is 0 Å². The third-order valence-electron chi connectivity index (χ3n) is 4.44. The van der Waals surface area contributed by atoms with Crippen LogP contribution in [-0.4, -0.2) is 30.2 Å². The van der Waals surface area contributed by atoms with E-state index in [-0.39, 0.29) is 30.1 Å². The monoisotopic (exact) mass is 248 g/mol. The highest BCUT2D eigenvalue weighted by atomic mass is 16.7. The minimum atomic E-state index is -0.360. The summed E-state index contributed by atoms with van der Waals surface area (Å²) in [4.78, 5) is 0.